The highest BCUT2D eigenvalue weighted by atomic mass is 32.1. The number of nitrogens with one attached hydrogen (secondary N) is 2. The zero-order valence-electron chi connectivity index (χ0n) is 23.2. The van der Waals surface area contributed by atoms with E-state index in [1.165, 1.54) is 11.3 Å². The molecule has 9 nitrogen and oxygen atoms in total. The Balaban J connectivity index is 1.72. The molecule has 0 bridgehead atoms. The molecule has 0 radical (unpaired) electrons. The number of aryl methyl sites for hydroxylation is 1. The third-order valence-corrected chi connectivity index (χ3v) is 7.37. The molecule has 11 heteroatoms. The van der Waals surface area contributed by atoms with Gasteiger partial charge in [0.25, 0.3) is 5.91 Å². The highest BCUT2D eigenvalue weighted by Crippen LogP contribution is 2.23. The van der Waals surface area contributed by atoms with Gasteiger partial charge in [0.1, 0.15) is 10.7 Å². The number of amides is 2. The van der Waals surface area contributed by atoms with Crippen LogP contribution >= 0.6 is 11.3 Å². The third kappa shape index (κ3) is 9.36. The van der Waals surface area contributed by atoms with E-state index < -0.39 is 30.8 Å². The van der Waals surface area contributed by atoms with Gasteiger partial charge in [-0.3, -0.25) is 19.4 Å². The molecule has 0 aliphatic rings. The fourth-order valence-electron chi connectivity index (χ4n) is 4.21. The lowest BCUT2D eigenvalue weighted by molar-refractivity contribution is -0.125. The first-order valence-corrected chi connectivity index (χ1v) is 14.5. The molecule has 3 aromatic rings. The lowest BCUT2D eigenvalue weighted by Crippen LogP contribution is -2.50. The summed E-state index contributed by atoms with van der Waals surface area (Å²) in [5, 5.41) is 27.3. The topological polar surface area (TPSA) is 142 Å². The zero-order chi connectivity index (χ0) is 29.1. The van der Waals surface area contributed by atoms with Crippen molar-refractivity contribution in [2.45, 2.75) is 58.8 Å². The first kappa shape index (κ1) is 31.1. The van der Waals surface area contributed by atoms with Crippen LogP contribution in [0, 0.1) is 11.8 Å². The van der Waals surface area contributed by atoms with Gasteiger partial charge in [0, 0.05) is 41.9 Å². The third-order valence-electron chi connectivity index (χ3n) is 6.48. The second-order valence-electron chi connectivity index (χ2n) is 10.3. The molecule has 2 atom stereocenters. The number of Topliss-reactive ketones (excluding diaryl/α,β-unsaturated/α-hetero) is 1. The summed E-state index contributed by atoms with van der Waals surface area (Å²) in [4.78, 5) is 47.7. The quantitative estimate of drug-likeness (QED) is 0.163. The highest BCUT2D eigenvalue weighted by Gasteiger charge is 2.31. The number of aromatic nitrogens is 2. The van der Waals surface area contributed by atoms with Crippen molar-refractivity contribution in [3.05, 3.63) is 71.0 Å². The number of pyridine rings is 1. The number of ketones is 1. The molecule has 0 unspecified atom stereocenters. The van der Waals surface area contributed by atoms with E-state index in [0.29, 0.717) is 17.0 Å². The van der Waals surface area contributed by atoms with Gasteiger partial charge in [0.2, 0.25) is 5.91 Å². The number of carbonyl (C=O) groups is 3. The van der Waals surface area contributed by atoms with Crippen molar-refractivity contribution in [2.24, 2.45) is 11.8 Å². The molecule has 2 heterocycles. The molecular weight excluding hydrogens is 527 g/mol. The van der Waals surface area contributed by atoms with Crippen LogP contribution < -0.4 is 10.6 Å². The number of thiazole rings is 1. The Hall–Kier alpha value is -3.41. The Morgan fingerprint density at radius 3 is 2.38 bits per heavy atom. The lowest BCUT2D eigenvalue weighted by Gasteiger charge is -2.23. The Morgan fingerprint density at radius 2 is 1.75 bits per heavy atom. The molecule has 0 fully saturated rings. The molecular formula is C29H37BN4O5S. The number of nitrogens with zero attached hydrogens (tertiary/aromatic N) is 2. The largest absolute Gasteiger partial charge is 0.475 e. The first-order valence-electron chi connectivity index (χ1n) is 13.6. The fourth-order valence-corrected chi connectivity index (χ4v) is 5.02. The van der Waals surface area contributed by atoms with Gasteiger partial charge < -0.3 is 20.7 Å². The van der Waals surface area contributed by atoms with Crippen LogP contribution in [0.2, 0.25) is 0 Å². The number of hydrogen-bond acceptors (Lipinski definition) is 8. The molecule has 1 aromatic carbocycles. The Morgan fingerprint density at radius 1 is 1.05 bits per heavy atom. The fraction of sp³-hybridized carbons (Fsp3) is 0.414. The normalized spacial score (nSPS) is 12.6. The molecule has 0 saturated heterocycles. The molecule has 2 amide bonds. The summed E-state index contributed by atoms with van der Waals surface area (Å²) in [6, 6.07) is 11.0. The molecule has 3 rings (SSSR count). The van der Waals surface area contributed by atoms with E-state index in [-0.39, 0.29) is 30.4 Å². The van der Waals surface area contributed by atoms with Crippen molar-refractivity contribution in [3.63, 3.8) is 0 Å². The molecule has 0 aliphatic heterocycles. The van der Waals surface area contributed by atoms with E-state index in [1.807, 2.05) is 26.0 Å². The van der Waals surface area contributed by atoms with Crippen LogP contribution in [0.3, 0.4) is 0 Å². The van der Waals surface area contributed by atoms with Crippen molar-refractivity contribution < 1.29 is 24.4 Å². The van der Waals surface area contributed by atoms with Crippen LogP contribution in [0.4, 0.5) is 0 Å². The summed E-state index contributed by atoms with van der Waals surface area (Å²) < 4.78 is 0. The van der Waals surface area contributed by atoms with E-state index >= 15 is 0 Å². The minimum atomic E-state index is -1.76. The second-order valence-corrected chi connectivity index (χ2v) is 11.1. The van der Waals surface area contributed by atoms with Crippen molar-refractivity contribution in [3.8, 4) is 10.6 Å². The van der Waals surface area contributed by atoms with Crippen LogP contribution in [-0.2, 0) is 11.2 Å². The van der Waals surface area contributed by atoms with Gasteiger partial charge in [-0.05, 0) is 42.9 Å². The van der Waals surface area contributed by atoms with E-state index in [0.717, 1.165) is 30.4 Å². The van der Waals surface area contributed by atoms with Crippen LogP contribution in [0.25, 0.3) is 10.6 Å². The van der Waals surface area contributed by atoms with Crippen molar-refractivity contribution in [1.29, 1.82) is 0 Å². The number of carbonyl (C=O) groups excluding carboxylic acids is 3. The van der Waals surface area contributed by atoms with Gasteiger partial charge >= 0.3 is 7.12 Å². The van der Waals surface area contributed by atoms with Gasteiger partial charge in [-0.2, -0.15) is 0 Å². The Bertz CT molecular complexity index is 1250. The number of unbranched alkanes of at least 4 members (excludes halogenated alkanes) is 1. The van der Waals surface area contributed by atoms with Crippen LogP contribution in [0.15, 0.2) is 54.2 Å². The van der Waals surface area contributed by atoms with Gasteiger partial charge in [0.15, 0.2) is 5.78 Å². The van der Waals surface area contributed by atoms with Crippen molar-refractivity contribution in [1.82, 2.24) is 20.6 Å². The summed E-state index contributed by atoms with van der Waals surface area (Å²) in [6.07, 6.45) is 6.54. The number of rotatable bonds is 15. The predicted molar refractivity (Wildman–Crippen MR) is 157 cm³/mol. The van der Waals surface area contributed by atoms with Crippen LogP contribution in [0.1, 0.15) is 72.9 Å². The summed E-state index contributed by atoms with van der Waals surface area (Å²) in [7, 11) is -1.76. The summed E-state index contributed by atoms with van der Waals surface area (Å²) >= 11 is 1.31. The molecule has 0 saturated carbocycles. The maximum atomic E-state index is 13.3. The minimum absolute atomic E-state index is 0.0948. The number of benzene rings is 1. The summed E-state index contributed by atoms with van der Waals surface area (Å²) in [5.41, 5.74) is 2.66. The first-order chi connectivity index (χ1) is 19.2. The SMILES string of the molecule is CCCCc1ccc(C(=O)C[C@@H](CNC(=O)c2csc(-c3ccncc3)n2)C(=O)N[C@@H](CC(C)C)B(O)O)cc1. The van der Waals surface area contributed by atoms with Gasteiger partial charge in [-0.15, -0.1) is 11.3 Å². The molecule has 0 aliphatic carbocycles. The molecule has 212 valence electrons. The molecule has 0 spiro atoms. The lowest BCUT2D eigenvalue weighted by atomic mass is 9.74. The second kappa shape index (κ2) is 15.4. The van der Waals surface area contributed by atoms with E-state index in [9.17, 15) is 24.4 Å². The standard InChI is InChI=1S/C29H37BN4O5S/c1-4-5-6-20-7-9-21(10-8-20)25(35)16-23(27(36)34-26(30(38)39)15-19(2)3)17-32-28(37)24-18-40-29(33-24)22-11-13-31-14-12-22/h7-14,18-19,23,26,38-39H,4-6,15-17H2,1-3H3,(H,32,37)(H,34,36)/t23-,26-/m0/s1. The summed E-state index contributed by atoms with van der Waals surface area (Å²) in [6.45, 7) is 5.81. The van der Waals surface area contributed by atoms with Crippen molar-refractivity contribution in [2.75, 3.05) is 6.54 Å². The molecule has 40 heavy (non-hydrogen) atoms. The van der Waals surface area contributed by atoms with Crippen LogP contribution in [0.5, 0.6) is 0 Å². The highest BCUT2D eigenvalue weighted by molar-refractivity contribution is 7.13. The van der Waals surface area contributed by atoms with E-state index in [2.05, 4.69) is 27.5 Å². The Kier molecular flexibility index (Phi) is 12.0. The van der Waals surface area contributed by atoms with Crippen molar-refractivity contribution >= 4 is 36.1 Å². The van der Waals surface area contributed by atoms with E-state index in [4.69, 9.17) is 0 Å². The molecule has 4 N–H and O–H groups in total. The number of hydrogen-bond donors (Lipinski definition) is 4. The van der Waals surface area contributed by atoms with Crippen LogP contribution in [-0.4, -0.2) is 57.2 Å². The monoisotopic (exact) mass is 564 g/mol. The molecule has 2 aromatic heterocycles. The van der Waals surface area contributed by atoms with Gasteiger partial charge in [-0.25, -0.2) is 4.98 Å². The average Bonchev–Trinajstić information content (AvgIpc) is 3.44. The smallest absolute Gasteiger partial charge is 0.426 e. The summed E-state index contributed by atoms with van der Waals surface area (Å²) in [5.74, 6) is -2.99. The zero-order valence-corrected chi connectivity index (χ0v) is 24.0. The predicted octanol–water partition coefficient (Wildman–Crippen LogP) is 3.71. The maximum absolute atomic E-state index is 13.3. The average molecular weight is 565 g/mol. The van der Waals surface area contributed by atoms with Gasteiger partial charge in [0.05, 0.1) is 11.9 Å². The van der Waals surface area contributed by atoms with Gasteiger partial charge in [-0.1, -0.05) is 51.5 Å². The minimum Gasteiger partial charge on any atom is -0.426 e. The maximum Gasteiger partial charge on any atom is 0.475 e. The Labute approximate surface area is 239 Å². The van der Waals surface area contributed by atoms with E-state index in [1.54, 1.807) is 42.0 Å².